The van der Waals surface area contributed by atoms with Gasteiger partial charge in [0.1, 0.15) is 0 Å². The van der Waals surface area contributed by atoms with Gasteiger partial charge in [-0.15, -0.1) is 0 Å². The van der Waals surface area contributed by atoms with Crippen LogP contribution in [0.4, 0.5) is 5.69 Å². The van der Waals surface area contributed by atoms with Gasteiger partial charge in [0.25, 0.3) is 0 Å². The predicted octanol–water partition coefficient (Wildman–Crippen LogP) is 6.54. The van der Waals surface area contributed by atoms with E-state index in [0.29, 0.717) is 23.8 Å². The predicted molar refractivity (Wildman–Crippen MR) is 152 cm³/mol. The van der Waals surface area contributed by atoms with Crippen LogP contribution in [0.25, 0.3) is 11.1 Å². The molecule has 3 aliphatic rings. The molecule has 1 aromatic carbocycles. The van der Waals surface area contributed by atoms with Crippen LogP contribution in [0.15, 0.2) is 53.4 Å². The number of carbonyl (C=O) groups excluding carboxylic acids is 1. The number of nitrogens with zero attached hydrogens (tertiary/aromatic N) is 4. The van der Waals surface area contributed by atoms with Gasteiger partial charge in [0.05, 0.1) is 12.2 Å². The number of benzene rings is 1. The summed E-state index contributed by atoms with van der Waals surface area (Å²) in [4.78, 5) is 20.5. The number of allylic oxidation sites excluding steroid dienone is 1. The lowest BCUT2D eigenvalue weighted by Crippen LogP contribution is -2.41. The van der Waals surface area contributed by atoms with E-state index in [1.165, 1.54) is 32.1 Å². The van der Waals surface area contributed by atoms with Gasteiger partial charge in [-0.1, -0.05) is 31.4 Å². The van der Waals surface area contributed by atoms with Crippen LogP contribution in [0.5, 0.6) is 0 Å². The minimum Gasteiger partial charge on any atom is -0.404 e. The van der Waals surface area contributed by atoms with Gasteiger partial charge < -0.3 is 10.6 Å². The molecular weight excluding hydrogens is 458 g/mol. The molecule has 0 unspecified atom stereocenters. The molecule has 6 heteroatoms. The third-order valence-electron chi connectivity index (χ3n) is 8.61. The van der Waals surface area contributed by atoms with E-state index in [1.807, 2.05) is 19.3 Å². The molecule has 0 atom stereocenters. The lowest BCUT2D eigenvalue weighted by molar-refractivity contribution is -0.123. The third kappa shape index (κ3) is 6.34. The summed E-state index contributed by atoms with van der Waals surface area (Å²) in [5.74, 6) is 1.46. The number of carbonyl (C=O) groups is 1. The zero-order valence-corrected chi connectivity index (χ0v) is 22.4. The number of hydrogen-bond acceptors (Lipinski definition) is 4. The van der Waals surface area contributed by atoms with Crippen molar-refractivity contribution in [1.82, 2.24) is 9.78 Å². The molecule has 37 heavy (non-hydrogen) atoms. The van der Waals surface area contributed by atoms with Crippen molar-refractivity contribution in [2.45, 2.75) is 83.6 Å². The maximum absolute atomic E-state index is 13.9. The van der Waals surface area contributed by atoms with Crippen LogP contribution >= 0.6 is 0 Å². The minimum atomic E-state index is 0.156. The van der Waals surface area contributed by atoms with E-state index < -0.39 is 0 Å². The maximum atomic E-state index is 13.9. The fraction of sp³-hybridized carbons (Fsp3) is 0.581. The van der Waals surface area contributed by atoms with Crippen LogP contribution in [0, 0.1) is 17.8 Å². The minimum absolute atomic E-state index is 0.156. The van der Waals surface area contributed by atoms with Crippen molar-refractivity contribution < 1.29 is 4.79 Å². The zero-order chi connectivity index (χ0) is 25.6. The van der Waals surface area contributed by atoms with Crippen molar-refractivity contribution in [2.75, 3.05) is 18.0 Å². The Kier molecular flexibility index (Phi) is 8.42. The van der Waals surface area contributed by atoms with E-state index in [4.69, 9.17) is 5.73 Å². The SMILES string of the molecule is CCN=CC(=CN)C1CCC(CN(C(=O)C2CCCCC2)c2cccc(-c3cnn(C4CC4)c3)c2)CC1. The Morgan fingerprint density at radius 1 is 1.05 bits per heavy atom. The lowest BCUT2D eigenvalue weighted by Gasteiger charge is -2.35. The first-order valence-electron chi connectivity index (χ1n) is 14.5. The smallest absolute Gasteiger partial charge is 0.230 e. The van der Waals surface area contributed by atoms with Crippen LogP contribution in [0.3, 0.4) is 0 Å². The Bertz CT molecular complexity index is 1100. The fourth-order valence-corrected chi connectivity index (χ4v) is 6.19. The molecule has 0 bridgehead atoms. The second kappa shape index (κ2) is 12.1. The Morgan fingerprint density at radius 3 is 2.54 bits per heavy atom. The topological polar surface area (TPSA) is 76.5 Å². The normalized spacial score (nSPS) is 23.4. The van der Waals surface area contributed by atoms with E-state index >= 15 is 0 Å². The van der Waals surface area contributed by atoms with Crippen molar-refractivity contribution in [1.29, 1.82) is 0 Å². The number of aromatic nitrogens is 2. The average Bonchev–Trinajstić information content (AvgIpc) is 3.69. The van der Waals surface area contributed by atoms with Crippen LogP contribution in [0.1, 0.15) is 83.6 Å². The van der Waals surface area contributed by atoms with E-state index in [1.54, 1.807) is 6.20 Å². The van der Waals surface area contributed by atoms with Gasteiger partial charge in [0, 0.05) is 42.7 Å². The Labute approximate surface area is 222 Å². The van der Waals surface area contributed by atoms with Gasteiger partial charge in [-0.3, -0.25) is 14.5 Å². The molecule has 2 aromatic rings. The van der Waals surface area contributed by atoms with Gasteiger partial charge >= 0.3 is 0 Å². The summed E-state index contributed by atoms with van der Waals surface area (Å²) < 4.78 is 2.10. The van der Waals surface area contributed by atoms with E-state index in [2.05, 4.69) is 50.1 Å². The number of hydrogen-bond donors (Lipinski definition) is 1. The molecule has 0 spiro atoms. The number of amides is 1. The first-order valence-corrected chi connectivity index (χ1v) is 14.5. The van der Waals surface area contributed by atoms with Crippen molar-refractivity contribution in [2.24, 2.45) is 28.5 Å². The number of rotatable bonds is 9. The Hall–Kier alpha value is -2.89. The zero-order valence-electron chi connectivity index (χ0n) is 22.4. The summed E-state index contributed by atoms with van der Waals surface area (Å²) >= 11 is 0. The maximum Gasteiger partial charge on any atom is 0.230 e. The molecule has 3 saturated carbocycles. The molecule has 1 heterocycles. The molecule has 3 fully saturated rings. The summed E-state index contributed by atoms with van der Waals surface area (Å²) in [6.07, 6.45) is 20.4. The first kappa shape index (κ1) is 25.7. The molecule has 1 amide bonds. The Balaban J connectivity index is 1.33. The van der Waals surface area contributed by atoms with Crippen molar-refractivity contribution >= 4 is 17.8 Å². The standard InChI is InChI=1S/C31H43N5O/c1-2-33-19-27(18-32)24-13-11-23(12-14-24)21-35(31(37)25-7-4-3-5-8-25)30-10-6-9-26(17-30)28-20-34-36(22-28)29-15-16-29/h6,9-10,17-20,22-25,29H,2-5,7-8,11-16,21,32H2,1H3. The van der Waals surface area contributed by atoms with Crippen LogP contribution in [-0.2, 0) is 4.79 Å². The summed E-state index contributed by atoms with van der Waals surface area (Å²) in [5.41, 5.74) is 10.4. The second-order valence-electron chi connectivity index (χ2n) is 11.3. The first-order chi connectivity index (χ1) is 18.2. The molecule has 2 N–H and O–H groups in total. The van der Waals surface area contributed by atoms with Crippen molar-refractivity contribution in [3.8, 4) is 11.1 Å². The van der Waals surface area contributed by atoms with Crippen molar-refractivity contribution in [3.05, 3.63) is 48.4 Å². The summed E-state index contributed by atoms with van der Waals surface area (Å²) in [6, 6.07) is 9.14. The molecule has 5 rings (SSSR count). The van der Waals surface area contributed by atoms with E-state index in [0.717, 1.165) is 74.0 Å². The molecule has 6 nitrogen and oxygen atoms in total. The highest BCUT2D eigenvalue weighted by Gasteiger charge is 2.31. The van der Waals surface area contributed by atoms with Crippen LogP contribution in [-0.4, -0.2) is 35.0 Å². The molecule has 3 aliphatic carbocycles. The summed E-state index contributed by atoms with van der Waals surface area (Å²) in [7, 11) is 0. The van der Waals surface area contributed by atoms with Gasteiger partial charge in [0.15, 0.2) is 0 Å². The highest BCUT2D eigenvalue weighted by Crippen LogP contribution is 2.37. The highest BCUT2D eigenvalue weighted by atomic mass is 16.2. The molecule has 0 aliphatic heterocycles. The monoisotopic (exact) mass is 501 g/mol. The Morgan fingerprint density at radius 2 is 1.84 bits per heavy atom. The van der Waals surface area contributed by atoms with E-state index in [-0.39, 0.29) is 5.92 Å². The van der Waals surface area contributed by atoms with Gasteiger partial charge in [-0.25, -0.2) is 0 Å². The fourth-order valence-electron chi connectivity index (χ4n) is 6.19. The van der Waals surface area contributed by atoms with Crippen molar-refractivity contribution in [3.63, 3.8) is 0 Å². The molecule has 1 aromatic heterocycles. The largest absolute Gasteiger partial charge is 0.404 e. The summed E-state index contributed by atoms with van der Waals surface area (Å²) in [6.45, 7) is 3.64. The third-order valence-corrected chi connectivity index (χ3v) is 8.61. The molecular formula is C31H43N5O. The number of anilines is 1. The van der Waals surface area contributed by atoms with Crippen LogP contribution in [0.2, 0.25) is 0 Å². The van der Waals surface area contributed by atoms with Gasteiger partial charge in [0.2, 0.25) is 5.91 Å². The molecule has 0 radical (unpaired) electrons. The lowest BCUT2D eigenvalue weighted by atomic mass is 9.78. The second-order valence-corrected chi connectivity index (χ2v) is 11.3. The van der Waals surface area contributed by atoms with Crippen LogP contribution < -0.4 is 10.6 Å². The highest BCUT2D eigenvalue weighted by molar-refractivity contribution is 5.95. The number of aliphatic imine (C=N–C) groups is 1. The molecule has 198 valence electrons. The molecule has 0 saturated heterocycles. The van der Waals surface area contributed by atoms with Gasteiger partial charge in [-0.2, -0.15) is 5.10 Å². The quantitative estimate of drug-likeness (QED) is 0.396. The summed E-state index contributed by atoms with van der Waals surface area (Å²) in [5, 5.41) is 4.59. The van der Waals surface area contributed by atoms with Gasteiger partial charge in [-0.05, 0) is 99.6 Å². The average molecular weight is 502 g/mol. The number of nitrogens with two attached hydrogens (primary N) is 1. The van der Waals surface area contributed by atoms with E-state index in [9.17, 15) is 4.79 Å².